The molecular formula is C17H21N3O3. The molecule has 0 radical (unpaired) electrons. The van der Waals surface area contributed by atoms with E-state index in [4.69, 9.17) is 0 Å². The highest BCUT2D eigenvalue weighted by molar-refractivity contribution is 5.94. The standard InChI is InChI=1S/C17H21N3O3/c1-10-7-11(2)20(19-10)14-5-3-12(4-6-14)17(23)18-13-8-15(21)16(22)9-13/h3-7,13,15-16,21-22H,8-9H2,1-2H3,(H,18,23)/t13?,15-,16+. The van der Waals surface area contributed by atoms with Gasteiger partial charge in [-0.25, -0.2) is 4.68 Å². The summed E-state index contributed by atoms with van der Waals surface area (Å²) in [7, 11) is 0. The van der Waals surface area contributed by atoms with Gasteiger partial charge in [-0.3, -0.25) is 4.79 Å². The van der Waals surface area contributed by atoms with Gasteiger partial charge in [0.25, 0.3) is 5.91 Å². The number of rotatable bonds is 3. The third kappa shape index (κ3) is 3.28. The molecule has 1 heterocycles. The van der Waals surface area contributed by atoms with E-state index < -0.39 is 12.2 Å². The highest BCUT2D eigenvalue weighted by atomic mass is 16.3. The van der Waals surface area contributed by atoms with Crippen molar-refractivity contribution < 1.29 is 15.0 Å². The molecule has 122 valence electrons. The third-order valence-electron chi connectivity index (χ3n) is 4.22. The van der Waals surface area contributed by atoms with Gasteiger partial charge in [-0.05, 0) is 57.0 Å². The van der Waals surface area contributed by atoms with E-state index in [2.05, 4.69) is 10.4 Å². The molecule has 3 N–H and O–H groups in total. The SMILES string of the molecule is Cc1cc(C)n(-c2ccc(C(=O)NC3C[C@@H](O)[C@@H](O)C3)cc2)n1. The van der Waals surface area contributed by atoms with E-state index in [1.165, 1.54) is 0 Å². The zero-order valence-electron chi connectivity index (χ0n) is 13.2. The second kappa shape index (κ2) is 6.14. The molecule has 1 fully saturated rings. The molecule has 1 amide bonds. The molecular weight excluding hydrogens is 294 g/mol. The van der Waals surface area contributed by atoms with Gasteiger partial charge in [0.15, 0.2) is 0 Å². The fraction of sp³-hybridized carbons (Fsp3) is 0.412. The van der Waals surface area contributed by atoms with Gasteiger partial charge >= 0.3 is 0 Å². The van der Waals surface area contributed by atoms with Gasteiger partial charge in [0.05, 0.1) is 23.6 Å². The van der Waals surface area contributed by atoms with E-state index in [1.807, 2.05) is 36.7 Å². The second-order valence-electron chi connectivity index (χ2n) is 6.16. The van der Waals surface area contributed by atoms with E-state index in [0.717, 1.165) is 17.1 Å². The number of carbonyl (C=O) groups excluding carboxylic acids is 1. The largest absolute Gasteiger partial charge is 0.390 e. The van der Waals surface area contributed by atoms with E-state index >= 15 is 0 Å². The average Bonchev–Trinajstić information content (AvgIpc) is 3.01. The maximum atomic E-state index is 12.2. The Morgan fingerprint density at radius 1 is 1.17 bits per heavy atom. The molecule has 1 aliphatic rings. The van der Waals surface area contributed by atoms with Crippen LogP contribution in [0.2, 0.25) is 0 Å². The quantitative estimate of drug-likeness (QED) is 0.791. The minimum atomic E-state index is -0.756. The number of carbonyl (C=O) groups is 1. The molecule has 1 aromatic heterocycles. The molecule has 0 bridgehead atoms. The first-order chi connectivity index (χ1) is 10.9. The fourth-order valence-electron chi connectivity index (χ4n) is 3.02. The zero-order valence-corrected chi connectivity index (χ0v) is 13.2. The molecule has 1 aliphatic carbocycles. The Bertz CT molecular complexity index is 698. The lowest BCUT2D eigenvalue weighted by atomic mass is 10.1. The molecule has 3 rings (SSSR count). The Morgan fingerprint density at radius 2 is 1.78 bits per heavy atom. The number of amides is 1. The normalized spacial score (nSPS) is 23.9. The van der Waals surface area contributed by atoms with Crippen LogP contribution in [0.25, 0.3) is 5.69 Å². The number of hydrogen-bond donors (Lipinski definition) is 3. The Labute approximate surface area is 134 Å². The first-order valence-corrected chi connectivity index (χ1v) is 7.75. The number of nitrogens with zero attached hydrogens (tertiary/aromatic N) is 2. The van der Waals surface area contributed by atoms with Crippen LogP contribution in [0.3, 0.4) is 0 Å². The molecule has 0 spiro atoms. The van der Waals surface area contributed by atoms with E-state index in [1.54, 1.807) is 12.1 Å². The van der Waals surface area contributed by atoms with Crippen LogP contribution < -0.4 is 5.32 Å². The predicted octanol–water partition coefficient (Wildman–Crippen LogP) is 1.10. The molecule has 2 aromatic rings. The lowest BCUT2D eigenvalue weighted by Crippen LogP contribution is -2.33. The zero-order chi connectivity index (χ0) is 16.6. The van der Waals surface area contributed by atoms with Crippen molar-refractivity contribution in [2.45, 2.75) is 44.9 Å². The van der Waals surface area contributed by atoms with Crippen molar-refractivity contribution >= 4 is 5.91 Å². The van der Waals surface area contributed by atoms with E-state index in [9.17, 15) is 15.0 Å². The number of aromatic nitrogens is 2. The summed E-state index contributed by atoms with van der Waals surface area (Å²) in [5.74, 6) is -0.198. The van der Waals surface area contributed by atoms with Gasteiger partial charge in [-0.2, -0.15) is 5.10 Å². The number of hydrogen-bond acceptors (Lipinski definition) is 4. The minimum Gasteiger partial charge on any atom is -0.390 e. The Kier molecular flexibility index (Phi) is 4.19. The van der Waals surface area contributed by atoms with Crippen molar-refractivity contribution in [2.24, 2.45) is 0 Å². The van der Waals surface area contributed by atoms with Crippen LogP contribution in [-0.2, 0) is 0 Å². The van der Waals surface area contributed by atoms with Crippen LogP contribution in [0.15, 0.2) is 30.3 Å². The molecule has 6 heteroatoms. The van der Waals surface area contributed by atoms with Crippen LogP contribution in [0, 0.1) is 13.8 Å². The highest BCUT2D eigenvalue weighted by Crippen LogP contribution is 2.20. The predicted molar refractivity (Wildman–Crippen MR) is 85.5 cm³/mol. The lowest BCUT2D eigenvalue weighted by molar-refractivity contribution is 0.0438. The van der Waals surface area contributed by atoms with E-state index in [0.29, 0.717) is 18.4 Å². The van der Waals surface area contributed by atoms with Crippen LogP contribution in [-0.4, -0.2) is 44.2 Å². The minimum absolute atomic E-state index is 0.191. The van der Waals surface area contributed by atoms with Crippen molar-refractivity contribution in [3.63, 3.8) is 0 Å². The Hall–Kier alpha value is -2.18. The van der Waals surface area contributed by atoms with Gasteiger partial charge in [0, 0.05) is 17.3 Å². The summed E-state index contributed by atoms with van der Waals surface area (Å²) < 4.78 is 1.83. The van der Waals surface area contributed by atoms with Crippen molar-refractivity contribution in [3.8, 4) is 5.69 Å². The molecule has 1 saturated carbocycles. The highest BCUT2D eigenvalue weighted by Gasteiger charge is 2.32. The molecule has 6 nitrogen and oxygen atoms in total. The third-order valence-corrected chi connectivity index (χ3v) is 4.22. The maximum absolute atomic E-state index is 12.2. The maximum Gasteiger partial charge on any atom is 0.251 e. The van der Waals surface area contributed by atoms with Crippen molar-refractivity contribution in [3.05, 3.63) is 47.3 Å². The van der Waals surface area contributed by atoms with Crippen LogP contribution in [0.4, 0.5) is 0 Å². The summed E-state index contributed by atoms with van der Waals surface area (Å²) in [4.78, 5) is 12.2. The van der Waals surface area contributed by atoms with E-state index in [-0.39, 0.29) is 11.9 Å². The Morgan fingerprint density at radius 3 is 2.30 bits per heavy atom. The molecule has 1 aromatic carbocycles. The first-order valence-electron chi connectivity index (χ1n) is 7.75. The molecule has 23 heavy (non-hydrogen) atoms. The van der Waals surface area contributed by atoms with Crippen molar-refractivity contribution in [1.29, 1.82) is 0 Å². The molecule has 1 unspecified atom stereocenters. The average molecular weight is 315 g/mol. The number of nitrogens with one attached hydrogen (secondary N) is 1. The monoisotopic (exact) mass is 315 g/mol. The van der Waals surface area contributed by atoms with Gasteiger partial charge in [0.1, 0.15) is 0 Å². The van der Waals surface area contributed by atoms with Crippen LogP contribution >= 0.6 is 0 Å². The molecule has 0 saturated heterocycles. The number of benzene rings is 1. The molecule has 3 atom stereocenters. The first kappa shape index (κ1) is 15.7. The van der Waals surface area contributed by atoms with Gasteiger partial charge < -0.3 is 15.5 Å². The number of aryl methyl sites for hydroxylation is 2. The summed E-state index contributed by atoms with van der Waals surface area (Å²) in [6.45, 7) is 3.92. The van der Waals surface area contributed by atoms with Crippen molar-refractivity contribution in [1.82, 2.24) is 15.1 Å². The summed E-state index contributed by atoms with van der Waals surface area (Å²) in [6.07, 6.45) is -0.740. The smallest absolute Gasteiger partial charge is 0.251 e. The second-order valence-corrected chi connectivity index (χ2v) is 6.16. The van der Waals surface area contributed by atoms with Gasteiger partial charge in [-0.1, -0.05) is 0 Å². The summed E-state index contributed by atoms with van der Waals surface area (Å²) in [5, 5.41) is 26.3. The fourth-order valence-corrected chi connectivity index (χ4v) is 3.02. The lowest BCUT2D eigenvalue weighted by Gasteiger charge is -2.12. The molecule has 0 aliphatic heterocycles. The van der Waals surface area contributed by atoms with Crippen molar-refractivity contribution in [2.75, 3.05) is 0 Å². The van der Waals surface area contributed by atoms with Crippen LogP contribution in [0.1, 0.15) is 34.6 Å². The number of aliphatic hydroxyl groups is 2. The van der Waals surface area contributed by atoms with Gasteiger partial charge in [0.2, 0.25) is 0 Å². The topological polar surface area (TPSA) is 87.4 Å². The summed E-state index contributed by atoms with van der Waals surface area (Å²) in [6, 6.07) is 9.02. The summed E-state index contributed by atoms with van der Waals surface area (Å²) >= 11 is 0. The number of aliphatic hydroxyl groups excluding tert-OH is 2. The Balaban J connectivity index is 1.70. The summed E-state index contributed by atoms with van der Waals surface area (Å²) in [5.41, 5.74) is 3.43. The van der Waals surface area contributed by atoms with Crippen LogP contribution in [0.5, 0.6) is 0 Å². The van der Waals surface area contributed by atoms with Gasteiger partial charge in [-0.15, -0.1) is 0 Å².